The summed E-state index contributed by atoms with van der Waals surface area (Å²) in [5.74, 6) is 0.711. The first kappa shape index (κ1) is 15.0. The van der Waals surface area contributed by atoms with Gasteiger partial charge in [0.15, 0.2) is 16.4 Å². The van der Waals surface area contributed by atoms with Crippen LogP contribution in [0.15, 0.2) is 17.0 Å². The van der Waals surface area contributed by atoms with Crippen LogP contribution in [-0.4, -0.2) is 33.1 Å². The number of sulfonamides is 1. The molecule has 0 spiro atoms. The summed E-state index contributed by atoms with van der Waals surface area (Å²) < 4.78 is 37.8. The second-order valence-electron chi connectivity index (χ2n) is 5.37. The molecule has 2 aliphatic rings. The topological polar surface area (TPSA) is 108 Å². The summed E-state index contributed by atoms with van der Waals surface area (Å²) >= 11 is 0. The van der Waals surface area contributed by atoms with Crippen LogP contribution in [0.25, 0.3) is 0 Å². The fraction of sp³-hybridized carbons (Fsp3) is 0.538. The van der Waals surface area contributed by atoms with Gasteiger partial charge in [0.25, 0.3) is 5.69 Å². The van der Waals surface area contributed by atoms with E-state index in [-0.39, 0.29) is 29.6 Å². The second kappa shape index (κ2) is 5.73. The first-order valence-electron chi connectivity index (χ1n) is 7.05. The van der Waals surface area contributed by atoms with Gasteiger partial charge in [0.1, 0.15) is 13.2 Å². The molecule has 0 aromatic heterocycles. The maximum Gasteiger partial charge on any atom is 0.293 e. The second-order valence-corrected chi connectivity index (χ2v) is 7.10. The summed E-state index contributed by atoms with van der Waals surface area (Å²) in [7, 11) is -3.97. The highest BCUT2D eigenvalue weighted by atomic mass is 32.2. The van der Waals surface area contributed by atoms with Gasteiger partial charge in [-0.1, -0.05) is 6.42 Å². The Morgan fingerprint density at radius 3 is 2.41 bits per heavy atom. The van der Waals surface area contributed by atoms with Crippen LogP contribution in [0.1, 0.15) is 19.3 Å². The van der Waals surface area contributed by atoms with Crippen molar-refractivity contribution in [3.63, 3.8) is 0 Å². The number of rotatable bonds is 5. The fourth-order valence-electron chi connectivity index (χ4n) is 2.42. The minimum atomic E-state index is -3.97. The highest BCUT2D eigenvalue weighted by Crippen LogP contribution is 2.38. The van der Waals surface area contributed by atoms with E-state index in [1.807, 2.05) is 0 Å². The maximum atomic E-state index is 12.4. The minimum absolute atomic E-state index is 0.191. The third-order valence-electron chi connectivity index (χ3n) is 3.90. The number of hydrogen-bond acceptors (Lipinski definition) is 6. The Kier molecular flexibility index (Phi) is 3.92. The van der Waals surface area contributed by atoms with E-state index in [4.69, 9.17) is 9.47 Å². The molecule has 0 unspecified atom stereocenters. The predicted molar refractivity (Wildman–Crippen MR) is 76.6 cm³/mol. The Morgan fingerprint density at radius 1 is 1.23 bits per heavy atom. The smallest absolute Gasteiger partial charge is 0.293 e. The standard InChI is InChI=1S/C13H16N2O6S/c16-15(17)10-6-11-12(21-5-4-20-11)7-13(10)22(18,19)14-8-9-2-1-3-9/h6-7,9,14H,1-5,8H2. The molecule has 0 saturated heterocycles. The summed E-state index contributed by atoms with van der Waals surface area (Å²) in [5, 5.41) is 11.2. The van der Waals surface area contributed by atoms with Crippen molar-refractivity contribution in [3.8, 4) is 11.5 Å². The molecule has 1 aromatic rings. The van der Waals surface area contributed by atoms with Gasteiger partial charge in [0.2, 0.25) is 10.0 Å². The van der Waals surface area contributed by atoms with Gasteiger partial charge in [-0.3, -0.25) is 10.1 Å². The molecule has 1 aromatic carbocycles. The van der Waals surface area contributed by atoms with E-state index >= 15 is 0 Å². The largest absolute Gasteiger partial charge is 0.486 e. The zero-order chi connectivity index (χ0) is 15.7. The average molecular weight is 328 g/mol. The van der Waals surface area contributed by atoms with Gasteiger partial charge in [-0.05, 0) is 18.8 Å². The van der Waals surface area contributed by atoms with Crippen molar-refractivity contribution < 1.29 is 22.8 Å². The number of nitrogens with zero attached hydrogens (tertiary/aromatic N) is 1. The molecule has 8 nitrogen and oxygen atoms in total. The molecule has 0 atom stereocenters. The zero-order valence-corrected chi connectivity index (χ0v) is 12.6. The van der Waals surface area contributed by atoms with Crippen LogP contribution in [0.5, 0.6) is 11.5 Å². The predicted octanol–water partition coefficient (Wildman–Crippen LogP) is 1.44. The van der Waals surface area contributed by atoms with Crippen molar-refractivity contribution in [2.75, 3.05) is 19.8 Å². The van der Waals surface area contributed by atoms with E-state index in [0.29, 0.717) is 12.5 Å². The Bertz CT molecular complexity index is 699. The van der Waals surface area contributed by atoms with Gasteiger partial charge >= 0.3 is 0 Å². The van der Waals surface area contributed by atoms with Crippen LogP contribution in [0.3, 0.4) is 0 Å². The van der Waals surface area contributed by atoms with Crippen molar-refractivity contribution in [2.24, 2.45) is 5.92 Å². The summed E-state index contributed by atoms with van der Waals surface area (Å²) in [6.45, 7) is 0.851. The molecule has 0 amide bonds. The monoisotopic (exact) mass is 328 g/mol. The molecule has 22 heavy (non-hydrogen) atoms. The molecule has 0 radical (unpaired) electrons. The summed E-state index contributed by atoms with van der Waals surface area (Å²) in [5.41, 5.74) is -0.509. The minimum Gasteiger partial charge on any atom is -0.486 e. The molecule has 1 fully saturated rings. The Morgan fingerprint density at radius 2 is 1.86 bits per heavy atom. The Hall–Kier alpha value is -1.87. The maximum absolute atomic E-state index is 12.4. The fourth-order valence-corrected chi connectivity index (χ4v) is 3.70. The Balaban J connectivity index is 1.94. The molecule has 9 heteroatoms. The molecule has 1 saturated carbocycles. The van der Waals surface area contributed by atoms with Gasteiger partial charge in [-0.2, -0.15) is 0 Å². The molecule has 1 heterocycles. The van der Waals surface area contributed by atoms with Gasteiger partial charge in [0.05, 0.1) is 11.0 Å². The van der Waals surface area contributed by atoms with E-state index in [9.17, 15) is 18.5 Å². The van der Waals surface area contributed by atoms with E-state index in [1.54, 1.807) is 0 Å². The summed E-state index contributed by atoms with van der Waals surface area (Å²) in [4.78, 5) is 10.1. The molecule has 1 aliphatic heterocycles. The zero-order valence-electron chi connectivity index (χ0n) is 11.8. The highest BCUT2D eigenvalue weighted by molar-refractivity contribution is 7.89. The van der Waals surface area contributed by atoms with Gasteiger partial charge in [-0.25, -0.2) is 13.1 Å². The quantitative estimate of drug-likeness (QED) is 0.647. The lowest BCUT2D eigenvalue weighted by molar-refractivity contribution is -0.388. The van der Waals surface area contributed by atoms with Crippen molar-refractivity contribution in [2.45, 2.75) is 24.2 Å². The molecular weight excluding hydrogens is 312 g/mol. The van der Waals surface area contributed by atoms with E-state index in [2.05, 4.69) is 4.72 Å². The van der Waals surface area contributed by atoms with Crippen LogP contribution >= 0.6 is 0 Å². The number of nitro groups is 1. The molecule has 1 aliphatic carbocycles. The first-order valence-corrected chi connectivity index (χ1v) is 8.53. The number of hydrogen-bond donors (Lipinski definition) is 1. The van der Waals surface area contributed by atoms with Crippen LogP contribution in [0.2, 0.25) is 0 Å². The number of nitro benzene ring substituents is 1. The van der Waals surface area contributed by atoms with Crippen LogP contribution in [0, 0.1) is 16.0 Å². The SMILES string of the molecule is O=[N+]([O-])c1cc2c(cc1S(=O)(=O)NCC1CCC1)OCCO2. The van der Waals surface area contributed by atoms with Crippen LogP contribution < -0.4 is 14.2 Å². The molecule has 1 N–H and O–H groups in total. The molecule has 120 valence electrons. The van der Waals surface area contributed by atoms with Crippen molar-refractivity contribution in [1.29, 1.82) is 0 Å². The van der Waals surface area contributed by atoms with E-state index in [0.717, 1.165) is 31.4 Å². The van der Waals surface area contributed by atoms with E-state index < -0.39 is 20.6 Å². The summed E-state index contributed by atoms with van der Waals surface area (Å²) in [6.07, 6.45) is 3.05. The third-order valence-corrected chi connectivity index (χ3v) is 5.35. The number of ether oxygens (including phenoxy) is 2. The number of nitrogens with one attached hydrogen (secondary N) is 1. The van der Waals surface area contributed by atoms with Gasteiger partial charge in [-0.15, -0.1) is 0 Å². The lowest BCUT2D eigenvalue weighted by Crippen LogP contribution is -2.32. The lowest BCUT2D eigenvalue weighted by Gasteiger charge is -2.25. The van der Waals surface area contributed by atoms with Gasteiger partial charge < -0.3 is 9.47 Å². The van der Waals surface area contributed by atoms with Crippen molar-refractivity contribution >= 4 is 15.7 Å². The Labute approximate surface area is 127 Å². The van der Waals surface area contributed by atoms with Crippen LogP contribution in [0.4, 0.5) is 5.69 Å². The summed E-state index contributed by atoms with van der Waals surface area (Å²) in [6, 6.07) is 2.27. The van der Waals surface area contributed by atoms with E-state index in [1.165, 1.54) is 0 Å². The molecule has 3 rings (SSSR count). The highest BCUT2D eigenvalue weighted by Gasteiger charge is 2.31. The molecular formula is C13H16N2O6S. The lowest BCUT2D eigenvalue weighted by atomic mass is 9.86. The number of benzene rings is 1. The normalized spacial score (nSPS) is 17.8. The molecule has 0 bridgehead atoms. The van der Waals surface area contributed by atoms with Crippen LogP contribution in [-0.2, 0) is 10.0 Å². The van der Waals surface area contributed by atoms with Gasteiger partial charge in [0, 0.05) is 12.6 Å². The van der Waals surface area contributed by atoms with Crippen molar-refractivity contribution in [3.05, 3.63) is 22.2 Å². The average Bonchev–Trinajstić information content (AvgIpc) is 2.44. The first-order chi connectivity index (χ1) is 10.5. The number of fused-ring (bicyclic) bond motifs is 1. The third kappa shape index (κ3) is 2.86. The van der Waals surface area contributed by atoms with Crippen molar-refractivity contribution in [1.82, 2.24) is 4.72 Å².